The Balaban J connectivity index is 2.74. The molecule has 1 aromatic carbocycles. The normalized spacial score (nSPS) is 10.7. The van der Waals surface area contributed by atoms with E-state index < -0.39 is 5.82 Å². The number of halogens is 3. The molecule has 0 fully saturated rings. The standard InChI is InChI=1S/C12H9BrClFN2S/c1-2-6-11(16-5-17-12(6)18)7-3-4-8(13)9(14)10(7)15/h3-5H,2H2,1H3,(H,16,17,18). The third-order valence-electron chi connectivity index (χ3n) is 2.61. The van der Waals surface area contributed by atoms with Crippen LogP contribution in [0.15, 0.2) is 22.9 Å². The summed E-state index contributed by atoms with van der Waals surface area (Å²) in [5.41, 5.74) is 1.84. The molecule has 2 nitrogen and oxygen atoms in total. The first-order chi connectivity index (χ1) is 8.56. The average molecular weight is 348 g/mol. The second-order valence-corrected chi connectivity index (χ2v) is 5.26. The Hall–Kier alpha value is -0.780. The van der Waals surface area contributed by atoms with Gasteiger partial charge in [0.2, 0.25) is 0 Å². The Morgan fingerprint density at radius 2 is 2.22 bits per heavy atom. The van der Waals surface area contributed by atoms with Gasteiger partial charge in [0.15, 0.2) is 5.82 Å². The molecular weight excluding hydrogens is 339 g/mol. The molecule has 94 valence electrons. The monoisotopic (exact) mass is 346 g/mol. The molecule has 2 aromatic rings. The van der Waals surface area contributed by atoms with Crippen LogP contribution in [0.1, 0.15) is 12.5 Å². The molecule has 0 aliphatic rings. The Morgan fingerprint density at radius 1 is 1.50 bits per heavy atom. The zero-order valence-electron chi connectivity index (χ0n) is 9.43. The maximum absolute atomic E-state index is 14.2. The summed E-state index contributed by atoms with van der Waals surface area (Å²) in [4.78, 5) is 6.94. The van der Waals surface area contributed by atoms with Crippen molar-refractivity contribution in [2.24, 2.45) is 0 Å². The van der Waals surface area contributed by atoms with Crippen LogP contribution in [-0.4, -0.2) is 9.97 Å². The second-order valence-electron chi connectivity index (χ2n) is 3.64. The summed E-state index contributed by atoms with van der Waals surface area (Å²) in [5.74, 6) is -0.474. The number of rotatable bonds is 2. The fourth-order valence-electron chi connectivity index (χ4n) is 1.71. The molecule has 0 unspecified atom stereocenters. The second kappa shape index (κ2) is 5.47. The molecule has 0 aliphatic carbocycles. The van der Waals surface area contributed by atoms with Crippen molar-refractivity contribution in [2.75, 3.05) is 0 Å². The van der Waals surface area contributed by atoms with Gasteiger partial charge in [-0.2, -0.15) is 0 Å². The van der Waals surface area contributed by atoms with E-state index in [1.807, 2.05) is 6.92 Å². The van der Waals surface area contributed by atoms with Crippen molar-refractivity contribution in [1.82, 2.24) is 9.97 Å². The zero-order chi connectivity index (χ0) is 13.3. The van der Waals surface area contributed by atoms with E-state index in [1.165, 1.54) is 6.33 Å². The van der Waals surface area contributed by atoms with E-state index >= 15 is 0 Å². The molecule has 0 radical (unpaired) electrons. The maximum atomic E-state index is 14.2. The van der Waals surface area contributed by atoms with Crippen LogP contribution < -0.4 is 0 Å². The lowest BCUT2D eigenvalue weighted by molar-refractivity contribution is 0.630. The first kappa shape index (κ1) is 13.6. The predicted molar refractivity (Wildman–Crippen MR) is 76.9 cm³/mol. The summed E-state index contributed by atoms with van der Waals surface area (Å²) in [7, 11) is 0. The van der Waals surface area contributed by atoms with Crippen molar-refractivity contribution in [1.29, 1.82) is 0 Å². The van der Waals surface area contributed by atoms with Gasteiger partial charge >= 0.3 is 0 Å². The lowest BCUT2D eigenvalue weighted by Gasteiger charge is -2.10. The lowest BCUT2D eigenvalue weighted by Crippen LogP contribution is -1.97. The van der Waals surface area contributed by atoms with Crippen molar-refractivity contribution in [3.05, 3.63) is 44.0 Å². The zero-order valence-corrected chi connectivity index (χ0v) is 12.6. The number of benzene rings is 1. The minimum Gasteiger partial charge on any atom is -0.345 e. The van der Waals surface area contributed by atoms with Gasteiger partial charge in [-0.1, -0.05) is 30.7 Å². The van der Waals surface area contributed by atoms with Crippen molar-refractivity contribution in [3.8, 4) is 11.3 Å². The van der Waals surface area contributed by atoms with E-state index in [1.54, 1.807) is 12.1 Å². The summed E-state index contributed by atoms with van der Waals surface area (Å²) >= 11 is 14.2. The molecule has 1 heterocycles. The summed E-state index contributed by atoms with van der Waals surface area (Å²) in [6, 6.07) is 3.36. The quantitative estimate of drug-likeness (QED) is 0.617. The van der Waals surface area contributed by atoms with Crippen LogP contribution in [-0.2, 0) is 6.42 Å². The van der Waals surface area contributed by atoms with Gasteiger partial charge in [-0.25, -0.2) is 9.37 Å². The molecule has 1 aromatic heterocycles. The highest BCUT2D eigenvalue weighted by molar-refractivity contribution is 9.10. The highest BCUT2D eigenvalue weighted by atomic mass is 79.9. The topological polar surface area (TPSA) is 28.7 Å². The Kier molecular flexibility index (Phi) is 4.14. The van der Waals surface area contributed by atoms with Crippen LogP contribution in [0, 0.1) is 10.5 Å². The van der Waals surface area contributed by atoms with Crippen LogP contribution in [0.3, 0.4) is 0 Å². The molecule has 0 saturated heterocycles. The van der Waals surface area contributed by atoms with Gasteiger partial charge in [-0.05, 0) is 34.5 Å². The summed E-state index contributed by atoms with van der Waals surface area (Å²) in [5, 5.41) is 0.0608. The molecule has 0 saturated carbocycles. The molecule has 0 aliphatic heterocycles. The highest BCUT2D eigenvalue weighted by Crippen LogP contribution is 2.33. The van der Waals surface area contributed by atoms with Crippen molar-refractivity contribution in [2.45, 2.75) is 13.3 Å². The number of hydrogen-bond donors (Lipinski definition) is 1. The largest absolute Gasteiger partial charge is 0.345 e. The van der Waals surface area contributed by atoms with Crippen molar-refractivity contribution < 1.29 is 4.39 Å². The van der Waals surface area contributed by atoms with Gasteiger partial charge in [-0.3, -0.25) is 0 Å². The maximum Gasteiger partial charge on any atom is 0.152 e. The van der Waals surface area contributed by atoms with E-state index in [-0.39, 0.29) is 5.02 Å². The van der Waals surface area contributed by atoms with E-state index in [0.717, 1.165) is 5.56 Å². The first-order valence-corrected chi connectivity index (χ1v) is 6.84. The molecule has 1 N–H and O–H groups in total. The summed E-state index contributed by atoms with van der Waals surface area (Å²) in [6.45, 7) is 1.95. The number of aromatic amines is 1. The van der Waals surface area contributed by atoms with Crippen molar-refractivity contribution in [3.63, 3.8) is 0 Å². The third kappa shape index (κ3) is 2.35. The Bertz CT molecular complexity index is 657. The highest BCUT2D eigenvalue weighted by Gasteiger charge is 2.15. The predicted octanol–water partition coefficient (Wildman–Crippen LogP) is 4.92. The molecule has 6 heteroatoms. The molecule has 0 amide bonds. The SMILES string of the molecule is CCc1c(-c2ccc(Br)c(Cl)c2F)[nH]cnc1=S. The summed E-state index contributed by atoms with van der Waals surface area (Å²) < 4.78 is 15.2. The number of hydrogen-bond acceptors (Lipinski definition) is 2. The van der Waals surface area contributed by atoms with Gasteiger partial charge < -0.3 is 4.98 Å². The minimum absolute atomic E-state index is 0.0608. The molecule has 0 bridgehead atoms. The minimum atomic E-state index is -0.474. The summed E-state index contributed by atoms with van der Waals surface area (Å²) in [6.07, 6.45) is 2.14. The van der Waals surface area contributed by atoms with Crippen LogP contribution in [0.2, 0.25) is 5.02 Å². The van der Waals surface area contributed by atoms with Gasteiger partial charge in [0.1, 0.15) is 4.64 Å². The average Bonchev–Trinajstić information content (AvgIpc) is 2.36. The molecule has 0 spiro atoms. The van der Waals surface area contributed by atoms with E-state index in [0.29, 0.717) is 26.8 Å². The van der Waals surface area contributed by atoms with Crippen molar-refractivity contribution >= 4 is 39.7 Å². The van der Waals surface area contributed by atoms with Gasteiger partial charge in [0.05, 0.1) is 17.0 Å². The van der Waals surface area contributed by atoms with Crippen LogP contribution in [0.25, 0.3) is 11.3 Å². The van der Waals surface area contributed by atoms with Crippen LogP contribution in [0.4, 0.5) is 4.39 Å². The molecule has 0 atom stereocenters. The van der Waals surface area contributed by atoms with Gasteiger partial charge in [0.25, 0.3) is 0 Å². The molecular formula is C12H9BrClFN2S. The van der Waals surface area contributed by atoms with Gasteiger partial charge in [0, 0.05) is 15.6 Å². The first-order valence-electron chi connectivity index (χ1n) is 5.26. The smallest absolute Gasteiger partial charge is 0.152 e. The van der Waals surface area contributed by atoms with E-state index in [2.05, 4.69) is 25.9 Å². The molecule has 18 heavy (non-hydrogen) atoms. The third-order valence-corrected chi connectivity index (χ3v) is 4.22. The Morgan fingerprint density at radius 3 is 2.89 bits per heavy atom. The number of nitrogens with zero attached hydrogens (tertiary/aromatic N) is 1. The fourth-order valence-corrected chi connectivity index (χ4v) is 2.48. The van der Waals surface area contributed by atoms with Crippen LogP contribution in [0.5, 0.6) is 0 Å². The van der Waals surface area contributed by atoms with Crippen LogP contribution >= 0.6 is 39.7 Å². The van der Waals surface area contributed by atoms with E-state index in [4.69, 9.17) is 23.8 Å². The van der Waals surface area contributed by atoms with Gasteiger partial charge in [-0.15, -0.1) is 0 Å². The fraction of sp³-hybridized carbons (Fsp3) is 0.167. The number of nitrogens with one attached hydrogen (secondary N) is 1. The Labute approximate surface area is 122 Å². The lowest BCUT2D eigenvalue weighted by atomic mass is 10.1. The molecule has 2 rings (SSSR count). The van der Waals surface area contributed by atoms with E-state index in [9.17, 15) is 4.39 Å². The number of H-pyrrole nitrogens is 1. The number of aromatic nitrogens is 2.